The molecule has 20 heavy (non-hydrogen) atoms. The number of aromatic nitrogens is 1. The first-order valence-electron chi connectivity index (χ1n) is 7.79. The highest BCUT2D eigenvalue weighted by molar-refractivity contribution is 5.14. The SMILES string of the molecule is CNCc1ccc(CN(C)C2CCC(C)(C)CC2)nc1. The van der Waals surface area contributed by atoms with Crippen molar-refractivity contribution in [3.05, 3.63) is 29.6 Å². The minimum Gasteiger partial charge on any atom is -0.316 e. The molecule has 3 nitrogen and oxygen atoms in total. The molecular weight excluding hydrogens is 246 g/mol. The van der Waals surface area contributed by atoms with Crippen molar-refractivity contribution in [1.29, 1.82) is 0 Å². The van der Waals surface area contributed by atoms with Gasteiger partial charge in [0.1, 0.15) is 0 Å². The zero-order chi connectivity index (χ0) is 14.6. The summed E-state index contributed by atoms with van der Waals surface area (Å²) >= 11 is 0. The summed E-state index contributed by atoms with van der Waals surface area (Å²) in [5, 5.41) is 3.15. The lowest BCUT2D eigenvalue weighted by Crippen LogP contribution is -2.36. The first-order valence-corrected chi connectivity index (χ1v) is 7.79. The van der Waals surface area contributed by atoms with Gasteiger partial charge in [-0.15, -0.1) is 0 Å². The second-order valence-electron chi connectivity index (χ2n) is 7.00. The van der Waals surface area contributed by atoms with Crippen molar-refractivity contribution in [3.63, 3.8) is 0 Å². The minimum absolute atomic E-state index is 0.546. The van der Waals surface area contributed by atoms with Crippen molar-refractivity contribution in [1.82, 2.24) is 15.2 Å². The van der Waals surface area contributed by atoms with Crippen molar-refractivity contribution in [2.45, 2.75) is 58.7 Å². The molecule has 0 radical (unpaired) electrons. The molecule has 0 atom stereocenters. The number of rotatable bonds is 5. The number of nitrogens with one attached hydrogen (secondary N) is 1. The van der Waals surface area contributed by atoms with E-state index in [9.17, 15) is 0 Å². The Kier molecular flexibility index (Phi) is 5.17. The summed E-state index contributed by atoms with van der Waals surface area (Å²) in [5.41, 5.74) is 2.97. The highest BCUT2D eigenvalue weighted by Gasteiger charge is 2.28. The molecule has 0 aromatic carbocycles. The molecule has 1 saturated carbocycles. The molecule has 1 fully saturated rings. The Morgan fingerprint density at radius 2 is 2.00 bits per heavy atom. The van der Waals surface area contributed by atoms with Gasteiger partial charge in [0, 0.05) is 25.3 Å². The summed E-state index contributed by atoms with van der Waals surface area (Å²) in [6, 6.07) is 5.06. The van der Waals surface area contributed by atoms with Crippen LogP contribution in [-0.4, -0.2) is 30.0 Å². The molecule has 112 valence electrons. The fraction of sp³-hybridized carbons (Fsp3) is 0.706. The molecule has 0 unspecified atom stereocenters. The molecule has 1 aliphatic rings. The zero-order valence-corrected chi connectivity index (χ0v) is 13.4. The lowest BCUT2D eigenvalue weighted by molar-refractivity contribution is 0.122. The van der Waals surface area contributed by atoms with E-state index in [1.165, 1.54) is 36.9 Å². The van der Waals surface area contributed by atoms with Crippen molar-refractivity contribution in [2.24, 2.45) is 5.41 Å². The molecule has 1 heterocycles. The van der Waals surface area contributed by atoms with E-state index in [2.05, 4.69) is 48.2 Å². The normalized spacial score (nSPS) is 19.4. The number of pyridine rings is 1. The second kappa shape index (κ2) is 6.68. The molecule has 0 amide bonds. The lowest BCUT2D eigenvalue weighted by atomic mass is 9.75. The fourth-order valence-electron chi connectivity index (χ4n) is 3.07. The molecule has 0 aliphatic heterocycles. The van der Waals surface area contributed by atoms with Crippen LogP contribution in [0.15, 0.2) is 18.3 Å². The fourth-order valence-corrected chi connectivity index (χ4v) is 3.07. The van der Waals surface area contributed by atoms with E-state index >= 15 is 0 Å². The third-order valence-corrected chi connectivity index (χ3v) is 4.61. The Bertz CT molecular complexity index is 401. The summed E-state index contributed by atoms with van der Waals surface area (Å²) in [5.74, 6) is 0. The highest BCUT2D eigenvalue weighted by Crippen LogP contribution is 2.36. The standard InChI is InChI=1S/C17H29N3/c1-17(2)9-7-16(8-10-17)20(4)13-15-6-5-14(11-18-3)12-19-15/h5-6,12,16,18H,7-11,13H2,1-4H3. The van der Waals surface area contributed by atoms with E-state index < -0.39 is 0 Å². The molecular formula is C17H29N3. The van der Waals surface area contributed by atoms with Gasteiger partial charge in [-0.25, -0.2) is 0 Å². The van der Waals surface area contributed by atoms with E-state index in [4.69, 9.17) is 0 Å². The van der Waals surface area contributed by atoms with Gasteiger partial charge in [-0.2, -0.15) is 0 Å². The third-order valence-electron chi connectivity index (χ3n) is 4.61. The smallest absolute Gasteiger partial charge is 0.0544 e. The van der Waals surface area contributed by atoms with Crippen LogP contribution in [0.3, 0.4) is 0 Å². The van der Waals surface area contributed by atoms with Crippen LogP contribution in [0, 0.1) is 5.41 Å². The molecule has 3 heteroatoms. The van der Waals surface area contributed by atoms with Gasteiger partial charge in [0.15, 0.2) is 0 Å². The summed E-state index contributed by atoms with van der Waals surface area (Å²) in [6.07, 6.45) is 7.32. The van der Waals surface area contributed by atoms with E-state index in [0.717, 1.165) is 19.1 Å². The molecule has 0 spiro atoms. The first kappa shape index (κ1) is 15.5. The summed E-state index contributed by atoms with van der Waals surface area (Å²) in [6.45, 7) is 6.64. The molecule has 0 saturated heterocycles. The van der Waals surface area contributed by atoms with Crippen molar-refractivity contribution in [3.8, 4) is 0 Å². The van der Waals surface area contributed by atoms with Crippen molar-refractivity contribution >= 4 is 0 Å². The summed E-state index contributed by atoms with van der Waals surface area (Å²) in [4.78, 5) is 7.06. The largest absolute Gasteiger partial charge is 0.316 e. The topological polar surface area (TPSA) is 28.2 Å². The van der Waals surface area contributed by atoms with E-state index in [-0.39, 0.29) is 0 Å². The average molecular weight is 275 g/mol. The number of nitrogens with zero attached hydrogens (tertiary/aromatic N) is 2. The van der Waals surface area contributed by atoms with Crippen molar-refractivity contribution < 1.29 is 0 Å². The quantitative estimate of drug-likeness (QED) is 0.894. The molecule has 1 N–H and O–H groups in total. The predicted molar refractivity (Wildman–Crippen MR) is 84.5 cm³/mol. The first-order chi connectivity index (χ1) is 9.50. The van der Waals surface area contributed by atoms with E-state index in [1.54, 1.807) is 0 Å². The van der Waals surface area contributed by atoms with Gasteiger partial charge in [0.05, 0.1) is 5.69 Å². The van der Waals surface area contributed by atoms with Crippen LogP contribution < -0.4 is 5.32 Å². The van der Waals surface area contributed by atoms with Crippen LogP contribution in [0.2, 0.25) is 0 Å². The second-order valence-corrected chi connectivity index (χ2v) is 7.00. The zero-order valence-electron chi connectivity index (χ0n) is 13.4. The van der Waals surface area contributed by atoms with Gasteiger partial charge in [0.2, 0.25) is 0 Å². The Labute approximate surface area is 123 Å². The summed E-state index contributed by atoms with van der Waals surface area (Å²) < 4.78 is 0. The number of hydrogen-bond donors (Lipinski definition) is 1. The van der Waals surface area contributed by atoms with Crippen LogP contribution in [0.4, 0.5) is 0 Å². The van der Waals surface area contributed by atoms with Gasteiger partial charge in [0.25, 0.3) is 0 Å². The van der Waals surface area contributed by atoms with Crippen LogP contribution in [0.5, 0.6) is 0 Å². The maximum atomic E-state index is 4.58. The van der Waals surface area contributed by atoms with Crippen LogP contribution in [0.1, 0.15) is 50.8 Å². The van der Waals surface area contributed by atoms with Crippen molar-refractivity contribution in [2.75, 3.05) is 14.1 Å². The monoisotopic (exact) mass is 275 g/mol. The Morgan fingerprint density at radius 1 is 1.30 bits per heavy atom. The Morgan fingerprint density at radius 3 is 2.55 bits per heavy atom. The van der Waals surface area contributed by atoms with Gasteiger partial charge >= 0.3 is 0 Å². The summed E-state index contributed by atoms with van der Waals surface area (Å²) in [7, 11) is 4.21. The van der Waals surface area contributed by atoms with E-state index in [1.807, 2.05) is 13.2 Å². The maximum absolute atomic E-state index is 4.58. The van der Waals surface area contributed by atoms with Crippen LogP contribution in [0.25, 0.3) is 0 Å². The Balaban J connectivity index is 1.86. The third kappa shape index (κ3) is 4.29. The molecule has 0 bridgehead atoms. The van der Waals surface area contributed by atoms with E-state index in [0.29, 0.717) is 5.41 Å². The molecule has 1 aliphatic carbocycles. The predicted octanol–water partition coefficient (Wildman–Crippen LogP) is 3.20. The minimum atomic E-state index is 0.546. The van der Waals surface area contributed by atoms with Crippen LogP contribution >= 0.6 is 0 Å². The Hall–Kier alpha value is -0.930. The molecule has 2 rings (SSSR count). The van der Waals surface area contributed by atoms with Gasteiger partial charge in [-0.3, -0.25) is 9.88 Å². The highest BCUT2D eigenvalue weighted by atomic mass is 15.1. The van der Waals surface area contributed by atoms with Gasteiger partial charge < -0.3 is 5.32 Å². The molecule has 1 aromatic rings. The van der Waals surface area contributed by atoms with Gasteiger partial charge in [-0.05, 0) is 56.8 Å². The van der Waals surface area contributed by atoms with Crippen LogP contribution in [-0.2, 0) is 13.1 Å². The maximum Gasteiger partial charge on any atom is 0.0544 e. The number of hydrogen-bond acceptors (Lipinski definition) is 3. The average Bonchev–Trinajstić information content (AvgIpc) is 2.41. The molecule has 1 aromatic heterocycles. The lowest BCUT2D eigenvalue weighted by Gasteiger charge is -2.38. The van der Waals surface area contributed by atoms with Gasteiger partial charge in [-0.1, -0.05) is 19.9 Å².